The molecule has 1 saturated heterocycles. The number of nitrogens with two attached hydrogens (primary N) is 1. The number of carbonyl (C=O) groups excluding carboxylic acids is 1. The Morgan fingerprint density at radius 3 is 2.89 bits per heavy atom. The van der Waals surface area contributed by atoms with E-state index < -0.39 is 0 Å². The van der Waals surface area contributed by atoms with Crippen molar-refractivity contribution in [3.8, 4) is 0 Å². The van der Waals surface area contributed by atoms with Crippen LogP contribution in [0.2, 0.25) is 0 Å². The first-order valence-corrected chi connectivity index (χ1v) is 7.29. The number of carbonyl (C=O) groups is 1. The molecule has 1 aliphatic heterocycles. The first kappa shape index (κ1) is 12.7. The first-order chi connectivity index (χ1) is 9.22. The van der Waals surface area contributed by atoms with Gasteiger partial charge in [-0.3, -0.25) is 4.79 Å². The number of nitrogens with zero attached hydrogens (tertiary/aromatic N) is 3. The lowest BCUT2D eigenvalue weighted by Crippen LogP contribution is -2.49. The van der Waals surface area contributed by atoms with Gasteiger partial charge in [-0.15, -0.1) is 0 Å². The second kappa shape index (κ2) is 4.96. The second-order valence-electron chi connectivity index (χ2n) is 5.69. The van der Waals surface area contributed by atoms with Crippen LogP contribution in [0.15, 0.2) is 12.5 Å². The number of hydrogen-bond acceptors (Lipinski definition) is 3. The summed E-state index contributed by atoms with van der Waals surface area (Å²) >= 11 is 0. The molecular weight excluding hydrogens is 240 g/mol. The molecular formula is C14H22N4O. The van der Waals surface area contributed by atoms with E-state index in [0.29, 0.717) is 12.5 Å². The molecule has 1 aromatic rings. The van der Waals surface area contributed by atoms with Gasteiger partial charge in [0.1, 0.15) is 0 Å². The highest BCUT2D eigenvalue weighted by Gasteiger charge is 2.38. The van der Waals surface area contributed by atoms with Crippen LogP contribution >= 0.6 is 0 Å². The van der Waals surface area contributed by atoms with Crippen molar-refractivity contribution in [1.82, 2.24) is 14.5 Å². The number of likely N-dealkylation sites (tertiary alicyclic amines) is 1. The Labute approximate surface area is 113 Å². The molecule has 2 atom stereocenters. The molecule has 0 bridgehead atoms. The van der Waals surface area contributed by atoms with Gasteiger partial charge in [0.05, 0.1) is 24.3 Å². The van der Waals surface area contributed by atoms with E-state index in [1.165, 1.54) is 12.8 Å². The predicted octanol–water partition coefficient (Wildman–Crippen LogP) is 1.62. The number of amides is 1. The van der Waals surface area contributed by atoms with Crippen molar-refractivity contribution in [3.63, 3.8) is 0 Å². The predicted molar refractivity (Wildman–Crippen MR) is 72.5 cm³/mol. The zero-order valence-electron chi connectivity index (χ0n) is 11.5. The highest BCUT2D eigenvalue weighted by molar-refractivity contribution is 5.77. The van der Waals surface area contributed by atoms with Gasteiger partial charge in [0.15, 0.2) is 0 Å². The van der Waals surface area contributed by atoms with Crippen LogP contribution in [0, 0.1) is 0 Å². The summed E-state index contributed by atoms with van der Waals surface area (Å²) in [5.41, 5.74) is 7.43. The van der Waals surface area contributed by atoms with Crippen molar-refractivity contribution in [2.75, 3.05) is 6.54 Å². The molecule has 104 valence electrons. The lowest BCUT2D eigenvalue weighted by molar-refractivity contribution is -0.137. The highest BCUT2D eigenvalue weighted by atomic mass is 16.2. The van der Waals surface area contributed by atoms with Crippen molar-refractivity contribution in [1.29, 1.82) is 0 Å². The molecule has 19 heavy (non-hydrogen) atoms. The Hall–Kier alpha value is -1.36. The Balaban J connectivity index is 1.93. The van der Waals surface area contributed by atoms with Gasteiger partial charge in [0, 0.05) is 25.0 Å². The van der Waals surface area contributed by atoms with Gasteiger partial charge in [0.2, 0.25) is 5.91 Å². The summed E-state index contributed by atoms with van der Waals surface area (Å²) in [5.74, 6) is 0.233. The van der Waals surface area contributed by atoms with E-state index in [9.17, 15) is 4.79 Å². The highest BCUT2D eigenvalue weighted by Crippen LogP contribution is 2.39. The van der Waals surface area contributed by atoms with Gasteiger partial charge < -0.3 is 15.2 Å². The molecule has 2 N–H and O–H groups in total. The normalized spacial score (nSPS) is 27.9. The number of piperidine rings is 1. The zero-order valence-corrected chi connectivity index (χ0v) is 11.5. The summed E-state index contributed by atoms with van der Waals surface area (Å²) in [6.07, 6.45) is 8.54. The molecule has 2 fully saturated rings. The average Bonchev–Trinajstić information content (AvgIpc) is 3.13. The Bertz CT molecular complexity index is 466. The fourth-order valence-corrected chi connectivity index (χ4v) is 3.06. The molecule has 0 aromatic carbocycles. The first-order valence-electron chi connectivity index (χ1n) is 7.29. The van der Waals surface area contributed by atoms with Crippen molar-refractivity contribution in [2.24, 2.45) is 5.73 Å². The maximum atomic E-state index is 12.2. The quantitative estimate of drug-likeness (QED) is 0.896. The summed E-state index contributed by atoms with van der Waals surface area (Å²) in [6, 6.07) is 0.605. The minimum atomic E-state index is 0.00398. The SMILES string of the molecule is CCCN1C(=O)CCC(N)C1c1cncn1C1CC1. The van der Waals surface area contributed by atoms with Crippen molar-refractivity contribution < 1.29 is 4.79 Å². The smallest absolute Gasteiger partial charge is 0.223 e. The van der Waals surface area contributed by atoms with E-state index in [4.69, 9.17) is 5.73 Å². The van der Waals surface area contributed by atoms with Crippen LogP contribution in [-0.4, -0.2) is 32.9 Å². The molecule has 1 aliphatic carbocycles. The van der Waals surface area contributed by atoms with Gasteiger partial charge in [-0.2, -0.15) is 0 Å². The molecule has 2 heterocycles. The van der Waals surface area contributed by atoms with Crippen LogP contribution in [-0.2, 0) is 4.79 Å². The van der Waals surface area contributed by atoms with E-state index in [0.717, 1.165) is 25.1 Å². The van der Waals surface area contributed by atoms with Crippen molar-refractivity contribution in [3.05, 3.63) is 18.2 Å². The molecule has 0 spiro atoms. The van der Waals surface area contributed by atoms with Crippen LogP contribution in [0.3, 0.4) is 0 Å². The van der Waals surface area contributed by atoms with Crippen LogP contribution in [0.25, 0.3) is 0 Å². The van der Waals surface area contributed by atoms with Crippen molar-refractivity contribution >= 4 is 5.91 Å². The molecule has 3 rings (SSSR count). The van der Waals surface area contributed by atoms with Crippen LogP contribution in [0.4, 0.5) is 0 Å². The Morgan fingerprint density at radius 1 is 1.42 bits per heavy atom. The summed E-state index contributed by atoms with van der Waals surface area (Å²) in [6.45, 7) is 2.88. The Morgan fingerprint density at radius 2 is 2.21 bits per heavy atom. The van der Waals surface area contributed by atoms with Gasteiger partial charge in [-0.05, 0) is 25.7 Å². The summed E-state index contributed by atoms with van der Waals surface area (Å²) in [5, 5.41) is 0. The van der Waals surface area contributed by atoms with Gasteiger partial charge in [-0.25, -0.2) is 4.98 Å². The van der Waals surface area contributed by atoms with E-state index in [1.807, 2.05) is 17.4 Å². The molecule has 2 unspecified atom stereocenters. The summed E-state index contributed by atoms with van der Waals surface area (Å²) < 4.78 is 2.23. The number of hydrogen-bond donors (Lipinski definition) is 1. The van der Waals surface area contributed by atoms with Crippen LogP contribution in [0.1, 0.15) is 56.8 Å². The minimum absolute atomic E-state index is 0.00398. The molecule has 1 amide bonds. The average molecular weight is 262 g/mol. The third-order valence-corrected chi connectivity index (χ3v) is 4.16. The third-order valence-electron chi connectivity index (χ3n) is 4.16. The molecule has 1 saturated carbocycles. The summed E-state index contributed by atoms with van der Waals surface area (Å²) in [7, 11) is 0. The molecule has 2 aliphatic rings. The summed E-state index contributed by atoms with van der Waals surface area (Å²) in [4.78, 5) is 18.4. The minimum Gasteiger partial charge on any atom is -0.333 e. The third kappa shape index (κ3) is 2.27. The van der Waals surface area contributed by atoms with Gasteiger partial charge >= 0.3 is 0 Å². The Kier molecular flexibility index (Phi) is 3.31. The molecule has 1 aromatic heterocycles. The fourth-order valence-electron chi connectivity index (χ4n) is 3.06. The maximum Gasteiger partial charge on any atom is 0.223 e. The van der Waals surface area contributed by atoms with Crippen molar-refractivity contribution in [2.45, 2.75) is 57.2 Å². The van der Waals surface area contributed by atoms with E-state index >= 15 is 0 Å². The lowest BCUT2D eigenvalue weighted by atomic mass is 9.93. The number of rotatable bonds is 4. The van der Waals surface area contributed by atoms with E-state index in [2.05, 4.69) is 16.5 Å². The standard InChI is InChI=1S/C14H22N4O/c1-2-7-17-13(19)6-5-11(15)14(17)12-8-16-9-18(12)10-3-4-10/h8-11,14H,2-7,15H2,1H3. The van der Waals surface area contributed by atoms with Crippen LogP contribution in [0.5, 0.6) is 0 Å². The second-order valence-corrected chi connectivity index (χ2v) is 5.69. The topological polar surface area (TPSA) is 64.2 Å². The zero-order chi connectivity index (χ0) is 13.4. The largest absolute Gasteiger partial charge is 0.333 e. The van der Waals surface area contributed by atoms with Gasteiger partial charge in [0.25, 0.3) is 0 Å². The maximum absolute atomic E-state index is 12.2. The lowest BCUT2D eigenvalue weighted by Gasteiger charge is -2.39. The molecule has 0 radical (unpaired) electrons. The van der Waals surface area contributed by atoms with E-state index in [-0.39, 0.29) is 18.0 Å². The molecule has 5 nitrogen and oxygen atoms in total. The van der Waals surface area contributed by atoms with E-state index in [1.54, 1.807) is 0 Å². The number of aromatic nitrogens is 2. The van der Waals surface area contributed by atoms with Gasteiger partial charge in [-0.1, -0.05) is 6.92 Å². The number of imidazole rings is 1. The van der Waals surface area contributed by atoms with Crippen LogP contribution < -0.4 is 5.73 Å². The molecule has 5 heteroatoms. The fraction of sp³-hybridized carbons (Fsp3) is 0.714. The monoisotopic (exact) mass is 262 g/mol.